The number of nitrogens with zero attached hydrogens (tertiary/aromatic N) is 2. The Balaban J connectivity index is 0.00000400. The van der Waals surface area contributed by atoms with E-state index in [4.69, 9.17) is 4.42 Å². The Morgan fingerprint density at radius 2 is 2.05 bits per heavy atom. The predicted octanol–water partition coefficient (Wildman–Crippen LogP) is 3.11. The number of thioether (sulfide) groups is 1. The quantitative estimate of drug-likeness (QED) is 0.290. The lowest BCUT2D eigenvalue weighted by Crippen LogP contribution is -2.37. The first-order valence-corrected chi connectivity index (χ1v) is 8.50. The lowest BCUT2D eigenvalue weighted by Gasteiger charge is -2.10. The van der Waals surface area contributed by atoms with Crippen LogP contribution in [0, 0.1) is 13.8 Å². The van der Waals surface area contributed by atoms with E-state index in [0.29, 0.717) is 12.4 Å². The second-order valence-electron chi connectivity index (χ2n) is 4.57. The zero-order valence-corrected chi connectivity index (χ0v) is 16.5. The summed E-state index contributed by atoms with van der Waals surface area (Å²) in [6, 6.07) is 0. The molecular formula is C14H27IN4OS. The number of aliphatic imine (C=N–C) groups is 1. The van der Waals surface area contributed by atoms with Gasteiger partial charge < -0.3 is 15.1 Å². The highest BCUT2D eigenvalue weighted by Crippen LogP contribution is 2.08. The third kappa shape index (κ3) is 8.55. The van der Waals surface area contributed by atoms with E-state index in [-0.39, 0.29) is 24.0 Å². The molecule has 0 fully saturated rings. The van der Waals surface area contributed by atoms with Crippen molar-refractivity contribution in [1.82, 2.24) is 15.6 Å². The first-order valence-electron chi connectivity index (χ1n) is 7.11. The standard InChI is InChI=1S/C14H26N4OS.HI/c1-5-15-14(16-8-6-7-9-20-4)17-10-13-18-11(2)12(3)19-13;/h5-10H2,1-4H3,(H2,15,16,17);1H. The van der Waals surface area contributed by atoms with Crippen molar-refractivity contribution in [2.24, 2.45) is 4.99 Å². The van der Waals surface area contributed by atoms with E-state index >= 15 is 0 Å². The highest BCUT2D eigenvalue weighted by Gasteiger charge is 2.05. The molecule has 1 aromatic heterocycles. The average Bonchev–Trinajstić information content (AvgIpc) is 2.75. The summed E-state index contributed by atoms with van der Waals surface area (Å²) in [5, 5.41) is 6.56. The fourth-order valence-corrected chi connectivity index (χ4v) is 2.17. The summed E-state index contributed by atoms with van der Waals surface area (Å²) in [6.45, 7) is 8.18. The van der Waals surface area contributed by atoms with E-state index in [1.807, 2.05) is 25.6 Å². The largest absolute Gasteiger partial charge is 0.444 e. The van der Waals surface area contributed by atoms with Gasteiger partial charge in [-0.2, -0.15) is 11.8 Å². The van der Waals surface area contributed by atoms with Crippen LogP contribution in [0.3, 0.4) is 0 Å². The van der Waals surface area contributed by atoms with Gasteiger partial charge in [-0.1, -0.05) is 0 Å². The number of hydrogen-bond acceptors (Lipinski definition) is 4. The summed E-state index contributed by atoms with van der Waals surface area (Å²) in [7, 11) is 0. The molecule has 0 saturated carbocycles. The molecule has 2 N–H and O–H groups in total. The summed E-state index contributed by atoms with van der Waals surface area (Å²) in [4.78, 5) is 8.82. The molecule has 122 valence electrons. The number of halogens is 1. The minimum Gasteiger partial charge on any atom is -0.444 e. The fourth-order valence-electron chi connectivity index (χ4n) is 1.67. The van der Waals surface area contributed by atoms with Crippen LogP contribution in [0.5, 0.6) is 0 Å². The smallest absolute Gasteiger partial charge is 0.216 e. The maximum absolute atomic E-state index is 5.52. The lowest BCUT2D eigenvalue weighted by molar-refractivity contribution is 0.472. The molecule has 5 nitrogen and oxygen atoms in total. The van der Waals surface area contributed by atoms with Gasteiger partial charge in [0.15, 0.2) is 5.96 Å². The van der Waals surface area contributed by atoms with Crippen molar-refractivity contribution >= 4 is 41.7 Å². The minimum atomic E-state index is 0. The Morgan fingerprint density at radius 1 is 1.29 bits per heavy atom. The number of hydrogen-bond donors (Lipinski definition) is 2. The van der Waals surface area contributed by atoms with Crippen LogP contribution in [-0.2, 0) is 6.54 Å². The van der Waals surface area contributed by atoms with Crippen molar-refractivity contribution in [1.29, 1.82) is 0 Å². The van der Waals surface area contributed by atoms with Crippen LogP contribution in [0.25, 0.3) is 0 Å². The van der Waals surface area contributed by atoms with Gasteiger partial charge in [0.25, 0.3) is 0 Å². The highest BCUT2D eigenvalue weighted by atomic mass is 127. The van der Waals surface area contributed by atoms with E-state index < -0.39 is 0 Å². The van der Waals surface area contributed by atoms with E-state index in [9.17, 15) is 0 Å². The molecule has 0 radical (unpaired) electrons. The molecule has 7 heteroatoms. The van der Waals surface area contributed by atoms with Gasteiger partial charge in [-0.25, -0.2) is 9.98 Å². The van der Waals surface area contributed by atoms with E-state index in [1.54, 1.807) is 0 Å². The minimum absolute atomic E-state index is 0. The zero-order chi connectivity index (χ0) is 14.8. The average molecular weight is 426 g/mol. The highest BCUT2D eigenvalue weighted by molar-refractivity contribution is 14.0. The number of aromatic nitrogens is 1. The fraction of sp³-hybridized carbons (Fsp3) is 0.714. The van der Waals surface area contributed by atoms with Gasteiger partial charge >= 0.3 is 0 Å². The molecule has 0 aliphatic rings. The first kappa shape index (κ1) is 20.6. The van der Waals surface area contributed by atoms with Gasteiger partial charge in [0.05, 0.1) is 5.69 Å². The van der Waals surface area contributed by atoms with Crippen molar-refractivity contribution in [3.05, 3.63) is 17.3 Å². The van der Waals surface area contributed by atoms with Crippen LogP contribution >= 0.6 is 35.7 Å². The second kappa shape index (κ2) is 12.1. The molecule has 0 spiro atoms. The summed E-state index contributed by atoms with van der Waals surface area (Å²) in [5.74, 6) is 3.57. The SMILES string of the molecule is CCNC(=NCc1nc(C)c(C)o1)NCCCCSC.I. The molecular weight excluding hydrogens is 399 g/mol. The van der Waals surface area contributed by atoms with Gasteiger partial charge in [-0.15, -0.1) is 24.0 Å². The first-order chi connectivity index (χ1) is 9.67. The van der Waals surface area contributed by atoms with Crippen molar-refractivity contribution in [2.75, 3.05) is 25.1 Å². The molecule has 21 heavy (non-hydrogen) atoms. The third-order valence-corrected chi connectivity index (χ3v) is 3.55. The van der Waals surface area contributed by atoms with Crippen LogP contribution in [0.2, 0.25) is 0 Å². The number of aryl methyl sites for hydroxylation is 2. The van der Waals surface area contributed by atoms with Gasteiger partial charge in [0.2, 0.25) is 5.89 Å². The maximum atomic E-state index is 5.52. The van der Waals surface area contributed by atoms with Crippen molar-refractivity contribution in [2.45, 2.75) is 40.2 Å². The summed E-state index contributed by atoms with van der Waals surface area (Å²) >= 11 is 1.89. The lowest BCUT2D eigenvalue weighted by atomic mass is 10.3. The van der Waals surface area contributed by atoms with Gasteiger partial charge in [0.1, 0.15) is 12.3 Å². The molecule has 1 aromatic rings. The molecule has 0 aromatic carbocycles. The Hall–Kier alpha value is -0.440. The third-order valence-electron chi connectivity index (χ3n) is 2.86. The van der Waals surface area contributed by atoms with Crippen LogP contribution in [0.4, 0.5) is 0 Å². The summed E-state index contributed by atoms with van der Waals surface area (Å²) < 4.78 is 5.52. The molecule has 0 atom stereocenters. The van der Waals surface area contributed by atoms with Crippen LogP contribution in [0.1, 0.15) is 37.1 Å². The summed E-state index contributed by atoms with van der Waals surface area (Å²) in [5.41, 5.74) is 0.935. The topological polar surface area (TPSA) is 62.5 Å². The molecule has 0 aliphatic heterocycles. The Bertz CT molecular complexity index is 404. The van der Waals surface area contributed by atoms with E-state index in [2.05, 4.69) is 33.8 Å². The van der Waals surface area contributed by atoms with Crippen molar-refractivity contribution in [3.63, 3.8) is 0 Å². The van der Waals surface area contributed by atoms with Gasteiger partial charge in [-0.3, -0.25) is 0 Å². The molecule has 0 unspecified atom stereocenters. The second-order valence-corrected chi connectivity index (χ2v) is 5.56. The van der Waals surface area contributed by atoms with E-state index in [0.717, 1.165) is 36.9 Å². The van der Waals surface area contributed by atoms with E-state index in [1.165, 1.54) is 12.2 Å². The number of unbranched alkanes of at least 4 members (excludes halogenated alkanes) is 1. The van der Waals surface area contributed by atoms with Crippen molar-refractivity contribution in [3.8, 4) is 0 Å². The zero-order valence-electron chi connectivity index (χ0n) is 13.4. The molecule has 0 saturated heterocycles. The number of guanidine groups is 1. The van der Waals surface area contributed by atoms with Crippen LogP contribution < -0.4 is 10.6 Å². The monoisotopic (exact) mass is 426 g/mol. The molecule has 0 amide bonds. The normalized spacial score (nSPS) is 11.1. The van der Waals surface area contributed by atoms with Crippen molar-refractivity contribution < 1.29 is 4.42 Å². The Labute approximate surface area is 149 Å². The van der Waals surface area contributed by atoms with Crippen LogP contribution in [-0.4, -0.2) is 36.0 Å². The van der Waals surface area contributed by atoms with Crippen LogP contribution in [0.15, 0.2) is 9.41 Å². The summed E-state index contributed by atoms with van der Waals surface area (Å²) in [6.07, 6.45) is 4.52. The molecule has 0 bridgehead atoms. The number of rotatable bonds is 8. The predicted molar refractivity (Wildman–Crippen MR) is 102 cm³/mol. The maximum Gasteiger partial charge on any atom is 0.216 e. The number of oxazole rings is 1. The Morgan fingerprint density at radius 3 is 2.62 bits per heavy atom. The molecule has 0 aliphatic carbocycles. The number of nitrogens with one attached hydrogen (secondary N) is 2. The van der Waals surface area contributed by atoms with Gasteiger partial charge in [-0.05, 0) is 45.6 Å². The Kier molecular flexibility index (Phi) is 11.9. The van der Waals surface area contributed by atoms with Gasteiger partial charge in [0, 0.05) is 13.1 Å². The molecule has 1 heterocycles. The molecule has 1 rings (SSSR count).